The van der Waals surface area contributed by atoms with E-state index in [1.165, 1.54) is 30.0 Å². The van der Waals surface area contributed by atoms with Gasteiger partial charge in [-0.05, 0) is 18.6 Å². The summed E-state index contributed by atoms with van der Waals surface area (Å²) in [5.74, 6) is -1.32. The first-order valence-electron chi connectivity index (χ1n) is 5.25. The maximum Gasteiger partial charge on any atom is 0.342 e. The molecule has 1 aromatic rings. The molecule has 6 nitrogen and oxygen atoms in total. The lowest BCUT2D eigenvalue weighted by atomic mass is 10.2. The Kier molecular flexibility index (Phi) is 5.11. The molecular weight excluding hydrogens is 258 g/mol. The third-order valence-electron chi connectivity index (χ3n) is 2.27. The van der Waals surface area contributed by atoms with E-state index in [4.69, 9.17) is 10.2 Å². The minimum absolute atomic E-state index is 0.0451. The lowest BCUT2D eigenvalue weighted by Gasteiger charge is -2.09. The highest BCUT2D eigenvalue weighted by Gasteiger charge is 2.20. The summed E-state index contributed by atoms with van der Waals surface area (Å²) in [6, 6.07) is 4.02. The minimum Gasteiger partial charge on any atom is -0.477 e. The van der Waals surface area contributed by atoms with Crippen molar-refractivity contribution in [2.45, 2.75) is 23.5 Å². The van der Waals surface area contributed by atoms with Gasteiger partial charge < -0.3 is 10.2 Å². The first-order chi connectivity index (χ1) is 8.45. The van der Waals surface area contributed by atoms with Gasteiger partial charge >= 0.3 is 5.97 Å². The molecule has 1 rings (SSSR count). The van der Waals surface area contributed by atoms with Gasteiger partial charge in [-0.15, -0.1) is 11.8 Å². The van der Waals surface area contributed by atoms with E-state index in [1.807, 2.05) is 6.92 Å². The molecule has 0 aromatic heterocycles. The van der Waals surface area contributed by atoms with Gasteiger partial charge in [0.25, 0.3) is 5.69 Å². The number of carbonyl (C=O) groups is 1. The molecular formula is C11H13NO5S. The standard InChI is InChI=1S/C11H13NO5S/c1-7(4-5-13)18-8-2-3-9(11(14)15)10(6-8)12(16)17/h2-3,6-7,13H,4-5H2,1H3,(H,14,15). The number of carboxylic acid groups (broad SMARTS) is 1. The number of aliphatic hydroxyl groups excluding tert-OH is 1. The quantitative estimate of drug-likeness (QED) is 0.467. The van der Waals surface area contributed by atoms with E-state index < -0.39 is 16.6 Å². The number of hydrogen-bond acceptors (Lipinski definition) is 5. The first kappa shape index (κ1) is 14.5. The largest absolute Gasteiger partial charge is 0.477 e. The second-order valence-corrected chi connectivity index (χ2v) is 5.19. The summed E-state index contributed by atoms with van der Waals surface area (Å²) in [7, 11) is 0. The Hall–Kier alpha value is -1.60. The van der Waals surface area contributed by atoms with Gasteiger partial charge in [0.15, 0.2) is 0 Å². The highest BCUT2D eigenvalue weighted by Crippen LogP contribution is 2.30. The SMILES string of the molecule is CC(CCO)Sc1ccc(C(=O)O)c([N+](=O)[O-])c1. The van der Waals surface area contributed by atoms with Gasteiger partial charge in [0.2, 0.25) is 0 Å². The van der Waals surface area contributed by atoms with E-state index in [0.717, 1.165) is 0 Å². The predicted octanol–water partition coefficient (Wildman–Crippen LogP) is 2.16. The maximum absolute atomic E-state index is 10.8. The molecule has 0 aliphatic carbocycles. The number of nitro benzene ring substituents is 1. The van der Waals surface area contributed by atoms with Crippen molar-refractivity contribution in [1.29, 1.82) is 0 Å². The lowest BCUT2D eigenvalue weighted by molar-refractivity contribution is -0.385. The van der Waals surface area contributed by atoms with Gasteiger partial charge in [0.05, 0.1) is 4.92 Å². The fraction of sp³-hybridized carbons (Fsp3) is 0.364. The van der Waals surface area contributed by atoms with Crippen LogP contribution < -0.4 is 0 Å². The van der Waals surface area contributed by atoms with Gasteiger partial charge in [-0.1, -0.05) is 6.92 Å². The van der Waals surface area contributed by atoms with Crippen LogP contribution in [0.15, 0.2) is 23.1 Å². The van der Waals surface area contributed by atoms with Crippen molar-refractivity contribution < 1.29 is 19.9 Å². The van der Waals surface area contributed by atoms with Crippen LogP contribution in [0.4, 0.5) is 5.69 Å². The molecule has 0 aliphatic heterocycles. The summed E-state index contributed by atoms with van der Waals surface area (Å²) in [6.45, 7) is 1.93. The molecule has 1 atom stereocenters. The minimum atomic E-state index is -1.32. The van der Waals surface area contributed by atoms with Crippen LogP contribution in [0, 0.1) is 10.1 Å². The molecule has 2 N–H and O–H groups in total. The number of rotatable bonds is 6. The summed E-state index contributed by atoms with van der Waals surface area (Å²) in [5.41, 5.74) is -0.733. The van der Waals surface area contributed by atoms with Gasteiger partial charge in [0.1, 0.15) is 5.56 Å². The molecule has 7 heteroatoms. The molecule has 0 heterocycles. The van der Waals surface area contributed by atoms with E-state index in [0.29, 0.717) is 11.3 Å². The highest BCUT2D eigenvalue weighted by atomic mass is 32.2. The van der Waals surface area contributed by atoms with Crippen LogP contribution in [0.5, 0.6) is 0 Å². The van der Waals surface area contributed by atoms with Crippen LogP contribution in [-0.2, 0) is 0 Å². The number of nitro groups is 1. The molecule has 0 saturated heterocycles. The zero-order valence-corrected chi connectivity index (χ0v) is 10.5. The molecule has 0 bridgehead atoms. The zero-order valence-electron chi connectivity index (χ0n) is 9.70. The Morgan fingerprint density at radius 1 is 1.56 bits per heavy atom. The normalized spacial score (nSPS) is 12.1. The van der Waals surface area contributed by atoms with Crippen LogP contribution in [-0.4, -0.2) is 33.0 Å². The number of carboxylic acids is 1. The zero-order chi connectivity index (χ0) is 13.7. The fourth-order valence-electron chi connectivity index (χ4n) is 1.39. The summed E-state index contributed by atoms with van der Waals surface area (Å²) in [4.78, 5) is 21.5. The van der Waals surface area contributed by atoms with Crippen LogP contribution >= 0.6 is 11.8 Å². The van der Waals surface area contributed by atoms with E-state index >= 15 is 0 Å². The third-order valence-corrected chi connectivity index (χ3v) is 3.43. The van der Waals surface area contributed by atoms with E-state index in [-0.39, 0.29) is 17.4 Å². The first-order valence-corrected chi connectivity index (χ1v) is 6.13. The summed E-state index contributed by atoms with van der Waals surface area (Å²) in [6.07, 6.45) is 0.569. The summed E-state index contributed by atoms with van der Waals surface area (Å²) >= 11 is 1.36. The molecule has 0 spiro atoms. The second-order valence-electron chi connectivity index (χ2n) is 3.68. The molecule has 98 valence electrons. The number of aliphatic hydroxyl groups is 1. The van der Waals surface area contributed by atoms with Gasteiger partial charge in [-0.25, -0.2) is 4.79 Å². The van der Waals surface area contributed by atoms with Crippen LogP contribution in [0.25, 0.3) is 0 Å². The van der Waals surface area contributed by atoms with Crippen molar-refractivity contribution >= 4 is 23.4 Å². The average molecular weight is 271 g/mol. The lowest BCUT2D eigenvalue weighted by Crippen LogP contribution is -2.03. The van der Waals surface area contributed by atoms with E-state index in [9.17, 15) is 14.9 Å². The number of thioether (sulfide) groups is 1. The molecule has 0 aliphatic rings. The van der Waals surface area contributed by atoms with Gasteiger partial charge in [0, 0.05) is 22.8 Å². The number of nitrogens with zero attached hydrogens (tertiary/aromatic N) is 1. The molecule has 1 aromatic carbocycles. The third kappa shape index (κ3) is 3.71. The Balaban J connectivity index is 3.00. The van der Waals surface area contributed by atoms with Crippen LogP contribution in [0.2, 0.25) is 0 Å². The maximum atomic E-state index is 10.8. The molecule has 18 heavy (non-hydrogen) atoms. The van der Waals surface area contributed by atoms with Crippen molar-refractivity contribution in [2.24, 2.45) is 0 Å². The second kappa shape index (κ2) is 6.36. The highest BCUT2D eigenvalue weighted by molar-refractivity contribution is 7.99. The molecule has 1 unspecified atom stereocenters. The molecule has 0 amide bonds. The number of benzene rings is 1. The van der Waals surface area contributed by atoms with Crippen molar-refractivity contribution in [1.82, 2.24) is 0 Å². The van der Waals surface area contributed by atoms with Gasteiger partial charge in [-0.3, -0.25) is 10.1 Å². The fourth-order valence-corrected chi connectivity index (χ4v) is 2.40. The topological polar surface area (TPSA) is 101 Å². The van der Waals surface area contributed by atoms with Crippen molar-refractivity contribution in [3.05, 3.63) is 33.9 Å². The van der Waals surface area contributed by atoms with E-state index in [2.05, 4.69) is 0 Å². The Labute approximate surface area is 108 Å². The molecule has 0 radical (unpaired) electrons. The van der Waals surface area contributed by atoms with Crippen molar-refractivity contribution in [3.8, 4) is 0 Å². The predicted molar refractivity (Wildman–Crippen MR) is 67.1 cm³/mol. The summed E-state index contributed by atoms with van der Waals surface area (Å²) in [5, 5.41) is 28.5. The summed E-state index contributed by atoms with van der Waals surface area (Å²) < 4.78 is 0. The smallest absolute Gasteiger partial charge is 0.342 e. The molecule has 0 fully saturated rings. The number of hydrogen-bond donors (Lipinski definition) is 2. The van der Waals surface area contributed by atoms with Crippen molar-refractivity contribution in [3.63, 3.8) is 0 Å². The van der Waals surface area contributed by atoms with Crippen LogP contribution in [0.3, 0.4) is 0 Å². The Bertz CT molecular complexity index is 463. The van der Waals surface area contributed by atoms with Gasteiger partial charge in [-0.2, -0.15) is 0 Å². The Morgan fingerprint density at radius 2 is 2.22 bits per heavy atom. The average Bonchev–Trinajstić information content (AvgIpc) is 2.28. The number of aromatic carboxylic acids is 1. The molecule has 0 saturated carbocycles. The monoisotopic (exact) mass is 271 g/mol. The van der Waals surface area contributed by atoms with Crippen LogP contribution in [0.1, 0.15) is 23.7 Å². The van der Waals surface area contributed by atoms with Crippen molar-refractivity contribution in [2.75, 3.05) is 6.61 Å². The van der Waals surface area contributed by atoms with E-state index in [1.54, 1.807) is 0 Å². The Morgan fingerprint density at radius 3 is 2.72 bits per heavy atom.